The Hall–Kier alpha value is -1.89. The third-order valence-corrected chi connectivity index (χ3v) is 2.66. The molecular formula is C10H12ClN5O2. The van der Waals surface area contributed by atoms with Crippen LogP contribution in [-0.4, -0.2) is 24.5 Å². The summed E-state index contributed by atoms with van der Waals surface area (Å²) in [4.78, 5) is 10.0. The lowest BCUT2D eigenvalue weighted by atomic mass is 10.4. The highest BCUT2D eigenvalue weighted by Crippen LogP contribution is 2.21. The summed E-state index contributed by atoms with van der Waals surface area (Å²) in [6, 6.07) is 2.12. The number of rotatable bonds is 4. The Kier molecular flexibility index (Phi) is 3.33. The summed E-state index contributed by atoms with van der Waals surface area (Å²) < 4.78 is 3.22. The van der Waals surface area contributed by atoms with Gasteiger partial charge in [-0.15, -0.1) is 0 Å². The van der Waals surface area contributed by atoms with Crippen LogP contribution in [0.25, 0.3) is 0 Å². The van der Waals surface area contributed by atoms with Crippen molar-refractivity contribution in [3.63, 3.8) is 0 Å². The normalized spacial score (nSPS) is 11.1. The molecule has 2 aromatic heterocycles. The molecule has 18 heavy (non-hydrogen) atoms. The molecule has 0 aromatic carbocycles. The lowest BCUT2D eigenvalue weighted by molar-refractivity contribution is -0.389. The van der Waals surface area contributed by atoms with Gasteiger partial charge in [-0.05, 0) is 24.8 Å². The Bertz CT molecular complexity index is 575. The van der Waals surface area contributed by atoms with Crippen LogP contribution >= 0.6 is 11.6 Å². The van der Waals surface area contributed by atoms with Crippen LogP contribution in [0.2, 0.25) is 5.02 Å². The van der Waals surface area contributed by atoms with Gasteiger partial charge in [-0.3, -0.25) is 4.68 Å². The highest BCUT2D eigenvalue weighted by Gasteiger charge is 2.19. The molecule has 0 amide bonds. The molecule has 0 fully saturated rings. The first-order chi connectivity index (χ1) is 8.47. The first-order valence-electron chi connectivity index (χ1n) is 5.38. The van der Waals surface area contributed by atoms with Gasteiger partial charge in [0.2, 0.25) is 0 Å². The Balaban J connectivity index is 2.18. The smallest absolute Gasteiger partial charge is 0.358 e. The molecule has 0 unspecified atom stereocenters. The lowest BCUT2D eigenvalue weighted by Crippen LogP contribution is -2.05. The van der Waals surface area contributed by atoms with Crippen molar-refractivity contribution >= 4 is 17.4 Å². The number of aromatic nitrogens is 4. The predicted octanol–water partition coefficient (Wildman–Crippen LogP) is 2.27. The summed E-state index contributed by atoms with van der Waals surface area (Å²) in [5.41, 5.74) is 0.776. The number of nitrogens with zero attached hydrogens (tertiary/aromatic N) is 5. The van der Waals surface area contributed by atoms with Gasteiger partial charge < -0.3 is 10.1 Å². The monoisotopic (exact) mass is 269 g/mol. The van der Waals surface area contributed by atoms with Crippen molar-refractivity contribution in [1.82, 2.24) is 19.6 Å². The van der Waals surface area contributed by atoms with Crippen molar-refractivity contribution in [1.29, 1.82) is 0 Å². The maximum atomic E-state index is 10.6. The molecule has 7 nitrogen and oxygen atoms in total. The lowest BCUT2D eigenvalue weighted by Gasteiger charge is -2.03. The topological polar surface area (TPSA) is 78.8 Å². The SMILES string of the molecule is CC(C)n1ccc(Cn2cc(Cl)c([N+](=O)[O-])n2)n1. The average molecular weight is 270 g/mol. The van der Waals surface area contributed by atoms with Gasteiger partial charge in [0, 0.05) is 12.2 Å². The summed E-state index contributed by atoms with van der Waals surface area (Å²) in [7, 11) is 0. The van der Waals surface area contributed by atoms with Crippen molar-refractivity contribution in [3.8, 4) is 0 Å². The molecule has 0 bridgehead atoms. The highest BCUT2D eigenvalue weighted by atomic mass is 35.5. The Labute approximate surface area is 108 Å². The number of hydrogen-bond donors (Lipinski definition) is 0. The highest BCUT2D eigenvalue weighted by molar-refractivity contribution is 6.32. The second kappa shape index (κ2) is 4.77. The molecular weight excluding hydrogens is 258 g/mol. The summed E-state index contributed by atoms with van der Waals surface area (Å²) >= 11 is 5.71. The Morgan fingerprint density at radius 3 is 2.72 bits per heavy atom. The molecule has 0 aliphatic heterocycles. The van der Waals surface area contributed by atoms with E-state index < -0.39 is 4.92 Å². The van der Waals surface area contributed by atoms with Gasteiger partial charge >= 0.3 is 5.82 Å². The van der Waals surface area contributed by atoms with Gasteiger partial charge in [-0.2, -0.15) is 9.78 Å². The molecule has 0 saturated heterocycles. The van der Waals surface area contributed by atoms with E-state index in [-0.39, 0.29) is 16.9 Å². The zero-order valence-electron chi connectivity index (χ0n) is 9.95. The number of nitro groups is 1. The fraction of sp³-hybridized carbons (Fsp3) is 0.400. The van der Waals surface area contributed by atoms with Crippen molar-refractivity contribution < 1.29 is 4.92 Å². The van der Waals surface area contributed by atoms with Gasteiger partial charge in [-0.1, -0.05) is 11.6 Å². The molecule has 0 N–H and O–H groups in total. The van der Waals surface area contributed by atoms with E-state index in [1.165, 1.54) is 10.9 Å². The Morgan fingerprint density at radius 1 is 1.50 bits per heavy atom. The van der Waals surface area contributed by atoms with Crippen LogP contribution in [0.1, 0.15) is 25.6 Å². The quantitative estimate of drug-likeness (QED) is 0.630. The van der Waals surface area contributed by atoms with Crippen LogP contribution in [0.4, 0.5) is 5.82 Å². The summed E-state index contributed by atoms with van der Waals surface area (Å²) in [6.07, 6.45) is 3.29. The number of halogens is 1. The minimum Gasteiger partial charge on any atom is -0.358 e. The van der Waals surface area contributed by atoms with Crippen LogP contribution in [0, 0.1) is 10.1 Å². The molecule has 2 aromatic rings. The van der Waals surface area contributed by atoms with E-state index in [4.69, 9.17) is 11.6 Å². The van der Waals surface area contributed by atoms with Crippen LogP contribution in [0.15, 0.2) is 18.5 Å². The van der Waals surface area contributed by atoms with E-state index in [9.17, 15) is 10.1 Å². The second-order valence-corrected chi connectivity index (χ2v) is 4.54. The molecule has 0 radical (unpaired) electrons. The number of hydrogen-bond acceptors (Lipinski definition) is 4. The van der Waals surface area contributed by atoms with Crippen molar-refractivity contribution in [2.75, 3.05) is 0 Å². The molecule has 8 heteroatoms. The van der Waals surface area contributed by atoms with Crippen molar-refractivity contribution in [3.05, 3.63) is 39.3 Å². The van der Waals surface area contributed by atoms with Gasteiger partial charge in [0.15, 0.2) is 5.02 Å². The molecule has 0 atom stereocenters. The average Bonchev–Trinajstić information content (AvgIpc) is 2.86. The molecule has 2 heterocycles. The van der Waals surface area contributed by atoms with E-state index in [1.54, 1.807) is 0 Å². The van der Waals surface area contributed by atoms with Gasteiger partial charge in [0.1, 0.15) is 6.54 Å². The maximum absolute atomic E-state index is 10.6. The fourth-order valence-electron chi connectivity index (χ4n) is 1.51. The Morgan fingerprint density at radius 2 is 2.22 bits per heavy atom. The van der Waals surface area contributed by atoms with Gasteiger partial charge in [-0.25, -0.2) is 0 Å². The van der Waals surface area contributed by atoms with E-state index >= 15 is 0 Å². The van der Waals surface area contributed by atoms with E-state index in [2.05, 4.69) is 10.2 Å². The van der Waals surface area contributed by atoms with Gasteiger partial charge in [0.25, 0.3) is 0 Å². The molecule has 2 rings (SSSR count). The molecule has 0 aliphatic rings. The summed E-state index contributed by atoms with van der Waals surface area (Å²) in [6.45, 7) is 4.39. The fourth-order valence-corrected chi connectivity index (χ4v) is 1.73. The molecule has 0 aliphatic carbocycles. The van der Waals surface area contributed by atoms with Crippen LogP contribution in [-0.2, 0) is 6.54 Å². The van der Waals surface area contributed by atoms with E-state index in [0.717, 1.165) is 5.69 Å². The third-order valence-electron chi connectivity index (χ3n) is 2.39. The molecule has 0 saturated carbocycles. The largest absolute Gasteiger partial charge is 0.408 e. The van der Waals surface area contributed by atoms with Crippen molar-refractivity contribution in [2.45, 2.75) is 26.4 Å². The minimum absolute atomic E-state index is 0.0308. The predicted molar refractivity (Wildman–Crippen MR) is 65.6 cm³/mol. The zero-order valence-corrected chi connectivity index (χ0v) is 10.7. The third kappa shape index (κ3) is 2.51. The second-order valence-electron chi connectivity index (χ2n) is 4.14. The molecule has 96 valence electrons. The zero-order chi connectivity index (χ0) is 13.3. The summed E-state index contributed by atoms with van der Waals surface area (Å²) in [5.74, 6) is -0.333. The van der Waals surface area contributed by atoms with Crippen molar-refractivity contribution in [2.24, 2.45) is 0 Å². The summed E-state index contributed by atoms with van der Waals surface area (Å²) in [5, 5.41) is 18.8. The minimum atomic E-state index is -0.606. The van der Waals surface area contributed by atoms with Crippen LogP contribution in [0.3, 0.4) is 0 Å². The van der Waals surface area contributed by atoms with Crippen LogP contribution < -0.4 is 0 Å². The van der Waals surface area contributed by atoms with E-state index in [0.29, 0.717) is 6.54 Å². The standard InChI is InChI=1S/C10H12ClN5O2/c1-7(2)15-4-3-8(12-15)5-14-6-9(11)10(13-14)16(17)18/h3-4,6-7H,5H2,1-2H3. The first kappa shape index (κ1) is 12.6. The van der Waals surface area contributed by atoms with Crippen LogP contribution in [0.5, 0.6) is 0 Å². The van der Waals surface area contributed by atoms with E-state index in [1.807, 2.05) is 30.8 Å². The van der Waals surface area contributed by atoms with Gasteiger partial charge in [0.05, 0.1) is 17.0 Å². The maximum Gasteiger partial charge on any atom is 0.408 e. The first-order valence-corrected chi connectivity index (χ1v) is 5.76. The molecule has 0 spiro atoms.